The number of benzene rings is 1. The van der Waals surface area contributed by atoms with E-state index in [9.17, 15) is 0 Å². The zero-order valence-electron chi connectivity index (χ0n) is 7.37. The van der Waals surface area contributed by atoms with Gasteiger partial charge in [0, 0.05) is 0 Å². The zero-order valence-corrected chi connectivity index (χ0v) is 7.37. The van der Waals surface area contributed by atoms with Crippen molar-refractivity contribution in [2.45, 2.75) is 13.0 Å². The van der Waals surface area contributed by atoms with Crippen LogP contribution in [0.4, 0.5) is 5.69 Å². The van der Waals surface area contributed by atoms with E-state index in [1.807, 2.05) is 25.1 Å². The van der Waals surface area contributed by atoms with Crippen LogP contribution < -0.4 is 10.1 Å². The number of ether oxygens (including phenoxy) is 1. The minimum absolute atomic E-state index is 0.366. The Morgan fingerprint density at radius 1 is 1.62 bits per heavy atom. The van der Waals surface area contributed by atoms with Crippen LogP contribution in [0.15, 0.2) is 18.2 Å². The summed E-state index contributed by atoms with van der Waals surface area (Å²) in [5.74, 6) is 0.767. The van der Waals surface area contributed by atoms with Crippen molar-refractivity contribution in [3.63, 3.8) is 0 Å². The molecule has 2 rings (SSSR count). The number of aryl methyl sites for hydroxylation is 1. The molecule has 66 valence electrons. The summed E-state index contributed by atoms with van der Waals surface area (Å²) in [6.07, 6.45) is -0.366. The fourth-order valence-electron chi connectivity index (χ4n) is 1.35. The maximum absolute atomic E-state index is 8.66. The number of nitriles is 1. The molecule has 0 amide bonds. The third kappa shape index (κ3) is 1.43. The van der Waals surface area contributed by atoms with Crippen LogP contribution in [0.5, 0.6) is 5.75 Å². The molecule has 1 N–H and O–H groups in total. The second kappa shape index (κ2) is 2.98. The van der Waals surface area contributed by atoms with Crippen molar-refractivity contribution in [1.29, 1.82) is 5.26 Å². The quantitative estimate of drug-likeness (QED) is 0.651. The van der Waals surface area contributed by atoms with Crippen LogP contribution in [0.2, 0.25) is 0 Å². The van der Waals surface area contributed by atoms with Crippen LogP contribution in [0.1, 0.15) is 5.56 Å². The SMILES string of the molecule is Cc1ccc2c(c1)NCC(C#N)O2. The van der Waals surface area contributed by atoms with Gasteiger partial charge in [-0.25, -0.2) is 0 Å². The molecule has 0 spiro atoms. The first-order chi connectivity index (χ1) is 6.29. The molecule has 0 bridgehead atoms. The van der Waals surface area contributed by atoms with Crippen LogP contribution in [0, 0.1) is 18.3 Å². The van der Waals surface area contributed by atoms with Crippen LogP contribution in [0.25, 0.3) is 0 Å². The predicted molar refractivity (Wildman–Crippen MR) is 49.7 cm³/mol. The number of anilines is 1. The van der Waals surface area contributed by atoms with Crippen LogP contribution in [0.3, 0.4) is 0 Å². The van der Waals surface area contributed by atoms with Gasteiger partial charge in [-0.1, -0.05) is 6.07 Å². The van der Waals surface area contributed by atoms with Gasteiger partial charge in [-0.2, -0.15) is 5.26 Å². The third-order valence-electron chi connectivity index (χ3n) is 2.03. The first kappa shape index (κ1) is 7.93. The van der Waals surface area contributed by atoms with Crippen LogP contribution >= 0.6 is 0 Å². The Morgan fingerprint density at radius 2 is 2.46 bits per heavy atom. The number of hydrogen-bond donors (Lipinski definition) is 1. The molecule has 1 aromatic rings. The highest BCUT2D eigenvalue weighted by Crippen LogP contribution is 2.29. The summed E-state index contributed by atoms with van der Waals surface area (Å²) >= 11 is 0. The Kier molecular flexibility index (Phi) is 1.82. The topological polar surface area (TPSA) is 45.0 Å². The summed E-state index contributed by atoms with van der Waals surface area (Å²) in [5.41, 5.74) is 2.16. The average Bonchev–Trinajstić information content (AvgIpc) is 2.17. The molecule has 1 aliphatic rings. The maximum Gasteiger partial charge on any atom is 0.201 e. The van der Waals surface area contributed by atoms with E-state index in [-0.39, 0.29) is 6.10 Å². The van der Waals surface area contributed by atoms with Gasteiger partial charge in [0.1, 0.15) is 11.8 Å². The van der Waals surface area contributed by atoms with Crippen molar-refractivity contribution in [3.8, 4) is 11.8 Å². The molecule has 0 saturated carbocycles. The molecule has 0 radical (unpaired) electrons. The standard InChI is InChI=1S/C10H10N2O/c1-7-2-3-10-9(4-7)12-6-8(5-11)13-10/h2-4,8,12H,6H2,1H3. The van der Waals surface area contributed by atoms with Gasteiger partial charge in [0.2, 0.25) is 6.10 Å². The van der Waals surface area contributed by atoms with E-state index in [4.69, 9.17) is 10.00 Å². The smallest absolute Gasteiger partial charge is 0.201 e. The Labute approximate surface area is 76.9 Å². The van der Waals surface area contributed by atoms with Crippen molar-refractivity contribution in [3.05, 3.63) is 23.8 Å². The van der Waals surface area contributed by atoms with Gasteiger partial charge < -0.3 is 10.1 Å². The van der Waals surface area contributed by atoms with Gasteiger partial charge in [0.05, 0.1) is 12.2 Å². The van der Waals surface area contributed by atoms with Crippen molar-refractivity contribution in [2.24, 2.45) is 0 Å². The van der Waals surface area contributed by atoms with Gasteiger partial charge in [0.15, 0.2) is 0 Å². The first-order valence-corrected chi connectivity index (χ1v) is 4.20. The molecule has 1 aliphatic heterocycles. The molecular formula is C10H10N2O. The molecule has 0 fully saturated rings. The summed E-state index contributed by atoms with van der Waals surface area (Å²) in [4.78, 5) is 0. The first-order valence-electron chi connectivity index (χ1n) is 4.20. The minimum Gasteiger partial charge on any atom is -0.472 e. The van der Waals surface area contributed by atoms with Crippen LogP contribution in [-0.2, 0) is 0 Å². The second-order valence-corrected chi connectivity index (χ2v) is 3.12. The second-order valence-electron chi connectivity index (χ2n) is 3.12. The Morgan fingerprint density at radius 3 is 3.23 bits per heavy atom. The summed E-state index contributed by atoms with van der Waals surface area (Å²) in [7, 11) is 0. The van der Waals surface area contributed by atoms with Crippen molar-refractivity contribution in [2.75, 3.05) is 11.9 Å². The lowest BCUT2D eigenvalue weighted by atomic mass is 10.2. The van der Waals surface area contributed by atoms with Gasteiger partial charge >= 0.3 is 0 Å². The predicted octanol–water partition coefficient (Wildman–Crippen LogP) is 1.69. The van der Waals surface area contributed by atoms with E-state index in [0.29, 0.717) is 6.54 Å². The Bertz CT molecular complexity index is 368. The van der Waals surface area contributed by atoms with Gasteiger partial charge in [0.25, 0.3) is 0 Å². The van der Waals surface area contributed by atoms with E-state index in [1.54, 1.807) is 0 Å². The monoisotopic (exact) mass is 174 g/mol. The molecule has 0 aliphatic carbocycles. The van der Waals surface area contributed by atoms with Gasteiger partial charge in [-0.15, -0.1) is 0 Å². The number of fused-ring (bicyclic) bond motifs is 1. The lowest BCUT2D eigenvalue weighted by Gasteiger charge is -2.23. The van der Waals surface area contributed by atoms with Crippen molar-refractivity contribution < 1.29 is 4.74 Å². The Hall–Kier alpha value is -1.69. The van der Waals surface area contributed by atoms with E-state index >= 15 is 0 Å². The van der Waals surface area contributed by atoms with Crippen molar-refractivity contribution >= 4 is 5.69 Å². The van der Waals surface area contributed by atoms with Gasteiger partial charge in [-0.3, -0.25) is 0 Å². The molecule has 0 aromatic heterocycles. The molecule has 1 heterocycles. The summed E-state index contributed by atoms with van der Waals surface area (Å²) < 4.78 is 5.41. The highest BCUT2D eigenvalue weighted by atomic mass is 16.5. The van der Waals surface area contributed by atoms with Crippen molar-refractivity contribution in [1.82, 2.24) is 0 Å². The van der Waals surface area contributed by atoms with E-state index in [0.717, 1.165) is 11.4 Å². The molecule has 1 atom stereocenters. The Balaban J connectivity index is 2.32. The average molecular weight is 174 g/mol. The zero-order chi connectivity index (χ0) is 9.26. The summed E-state index contributed by atoms with van der Waals surface area (Å²) in [6, 6.07) is 7.95. The minimum atomic E-state index is -0.366. The summed E-state index contributed by atoms with van der Waals surface area (Å²) in [5, 5.41) is 11.8. The lowest BCUT2D eigenvalue weighted by molar-refractivity contribution is 0.259. The number of rotatable bonds is 0. The number of hydrogen-bond acceptors (Lipinski definition) is 3. The molecule has 0 saturated heterocycles. The van der Waals surface area contributed by atoms with E-state index < -0.39 is 0 Å². The van der Waals surface area contributed by atoms with E-state index in [2.05, 4.69) is 11.4 Å². The van der Waals surface area contributed by atoms with Gasteiger partial charge in [-0.05, 0) is 24.6 Å². The largest absolute Gasteiger partial charge is 0.472 e. The molecule has 1 unspecified atom stereocenters. The maximum atomic E-state index is 8.66. The van der Waals surface area contributed by atoms with Crippen LogP contribution in [-0.4, -0.2) is 12.6 Å². The number of nitrogens with zero attached hydrogens (tertiary/aromatic N) is 1. The molecule has 3 nitrogen and oxygen atoms in total. The lowest BCUT2D eigenvalue weighted by Crippen LogP contribution is -2.29. The summed E-state index contributed by atoms with van der Waals surface area (Å²) in [6.45, 7) is 2.59. The molecular weight excluding hydrogens is 164 g/mol. The third-order valence-corrected chi connectivity index (χ3v) is 2.03. The fraction of sp³-hybridized carbons (Fsp3) is 0.300. The highest BCUT2D eigenvalue weighted by molar-refractivity contribution is 5.59. The fourth-order valence-corrected chi connectivity index (χ4v) is 1.35. The number of nitrogens with one attached hydrogen (secondary N) is 1. The molecule has 13 heavy (non-hydrogen) atoms. The van der Waals surface area contributed by atoms with E-state index in [1.165, 1.54) is 5.56 Å². The highest BCUT2D eigenvalue weighted by Gasteiger charge is 2.17. The normalized spacial score (nSPS) is 19.2. The molecule has 3 heteroatoms. The molecule has 1 aromatic carbocycles.